The van der Waals surface area contributed by atoms with Crippen molar-refractivity contribution < 1.29 is 4.74 Å². The van der Waals surface area contributed by atoms with E-state index in [4.69, 9.17) is 4.74 Å². The number of hydrogen-bond donors (Lipinski definition) is 1. The number of ether oxygens (including phenoxy) is 1. The number of rotatable bonds is 5. The normalized spacial score (nSPS) is 19.0. The Morgan fingerprint density at radius 2 is 2.24 bits per heavy atom. The number of thiophene rings is 1. The summed E-state index contributed by atoms with van der Waals surface area (Å²) in [5.74, 6) is 0.973. The molecule has 1 heterocycles. The predicted molar refractivity (Wildman–Crippen MR) is 89.4 cm³/mol. The van der Waals surface area contributed by atoms with Gasteiger partial charge < -0.3 is 10.1 Å². The van der Waals surface area contributed by atoms with Gasteiger partial charge in [-0.3, -0.25) is 0 Å². The molecular weight excluding hydrogens is 278 g/mol. The highest BCUT2D eigenvalue weighted by Crippen LogP contribution is 2.26. The summed E-state index contributed by atoms with van der Waals surface area (Å²) in [6.07, 6.45) is 4.64. The third-order valence-corrected chi connectivity index (χ3v) is 5.15. The number of nitrogens with one attached hydrogen (secondary N) is 1. The van der Waals surface area contributed by atoms with Crippen LogP contribution in [0.2, 0.25) is 0 Å². The number of aryl methyl sites for hydroxylation is 1. The lowest BCUT2D eigenvalue weighted by Crippen LogP contribution is -2.41. The summed E-state index contributed by atoms with van der Waals surface area (Å²) in [6, 6.07) is 12.0. The van der Waals surface area contributed by atoms with Crippen LogP contribution in [0.15, 0.2) is 35.7 Å². The van der Waals surface area contributed by atoms with E-state index >= 15 is 0 Å². The summed E-state index contributed by atoms with van der Waals surface area (Å²) >= 11 is 1.85. The second-order valence-corrected chi connectivity index (χ2v) is 6.96. The molecule has 0 radical (unpaired) electrons. The summed E-state index contributed by atoms with van der Waals surface area (Å²) in [6.45, 7) is 2.29. The second kappa shape index (κ2) is 6.63. The van der Waals surface area contributed by atoms with Gasteiger partial charge in [0.25, 0.3) is 0 Å². The van der Waals surface area contributed by atoms with Gasteiger partial charge in [-0.25, -0.2) is 0 Å². The lowest BCUT2D eigenvalue weighted by Gasteiger charge is -2.28. The molecule has 2 nitrogen and oxygen atoms in total. The van der Waals surface area contributed by atoms with Crippen molar-refractivity contribution in [3.05, 3.63) is 51.7 Å². The molecule has 0 aliphatic heterocycles. The minimum Gasteiger partial charge on any atom is -0.497 e. The molecule has 112 valence electrons. The largest absolute Gasteiger partial charge is 0.497 e. The maximum Gasteiger partial charge on any atom is 0.119 e. The molecular formula is C18H23NOS. The maximum absolute atomic E-state index is 5.35. The van der Waals surface area contributed by atoms with E-state index in [-0.39, 0.29) is 0 Å². The van der Waals surface area contributed by atoms with Gasteiger partial charge in [0.1, 0.15) is 5.75 Å². The van der Waals surface area contributed by atoms with E-state index in [1.54, 1.807) is 7.11 Å². The average molecular weight is 301 g/mol. The highest BCUT2D eigenvalue weighted by atomic mass is 32.1. The molecule has 1 aromatic heterocycles. The Labute approximate surface area is 131 Å². The first-order valence-electron chi connectivity index (χ1n) is 7.69. The van der Waals surface area contributed by atoms with E-state index in [0.29, 0.717) is 12.1 Å². The van der Waals surface area contributed by atoms with Gasteiger partial charge in [0.15, 0.2) is 0 Å². The van der Waals surface area contributed by atoms with E-state index in [0.717, 1.165) is 18.6 Å². The molecule has 2 unspecified atom stereocenters. The predicted octanol–water partition coefficient (Wildman–Crippen LogP) is 3.83. The fourth-order valence-electron chi connectivity index (χ4n) is 3.19. The van der Waals surface area contributed by atoms with Crippen molar-refractivity contribution in [3.8, 4) is 5.75 Å². The Balaban J connectivity index is 1.60. The first-order valence-corrected chi connectivity index (χ1v) is 8.57. The van der Waals surface area contributed by atoms with Gasteiger partial charge in [-0.05, 0) is 67.3 Å². The first kappa shape index (κ1) is 14.6. The van der Waals surface area contributed by atoms with Crippen LogP contribution in [0.4, 0.5) is 0 Å². The van der Waals surface area contributed by atoms with E-state index < -0.39 is 0 Å². The van der Waals surface area contributed by atoms with Gasteiger partial charge in [0, 0.05) is 17.0 Å². The Hall–Kier alpha value is -1.32. The average Bonchev–Trinajstić information content (AvgIpc) is 2.99. The van der Waals surface area contributed by atoms with Gasteiger partial charge in [-0.15, -0.1) is 11.3 Å². The van der Waals surface area contributed by atoms with Crippen molar-refractivity contribution in [2.45, 2.75) is 44.7 Å². The Bertz CT molecular complexity index is 579. The van der Waals surface area contributed by atoms with E-state index in [1.807, 2.05) is 11.3 Å². The summed E-state index contributed by atoms with van der Waals surface area (Å²) in [7, 11) is 1.74. The number of hydrogen-bond acceptors (Lipinski definition) is 3. The van der Waals surface area contributed by atoms with Crippen molar-refractivity contribution in [2.75, 3.05) is 7.11 Å². The highest BCUT2D eigenvalue weighted by molar-refractivity contribution is 7.09. The van der Waals surface area contributed by atoms with E-state index in [9.17, 15) is 0 Å². The molecule has 1 aromatic carbocycles. The van der Waals surface area contributed by atoms with Crippen molar-refractivity contribution in [1.82, 2.24) is 5.32 Å². The van der Waals surface area contributed by atoms with Gasteiger partial charge in [-0.2, -0.15) is 0 Å². The molecule has 1 aliphatic carbocycles. The number of benzene rings is 1. The third kappa shape index (κ3) is 3.66. The topological polar surface area (TPSA) is 21.3 Å². The van der Waals surface area contributed by atoms with Gasteiger partial charge >= 0.3 is 0 Å². The summed E-state index contributed by atoms with van der Waals surface area (Å²) < 4.78 is 5.35. The minimum absolute atomic E-state index is 0.529. The standard InChI is InChI=1S/C18H23NOS/c1-13(10-18-4-3-9-21-18)19-16-7-5-14-6-8-17(20-2)12-15(14)11-16/h3-4,6,8-9,12-13,16,19H,5,7,10-11H2,1-2H3. The highest BCUT2D eigenvalue weighted by Gasteiger charge is 2.20. The van der Waals surface area contributed by atoms with Crippen molar-refractivity contribution >= 4 is 11.3 Å². The third-order valence-electron chi connectivity index (χ3n) is 4.25. The zero-order valence-corrected chi connectivity index (χ0v) is 13.6. The molecule has 3 heteroatoms. The lowest BCUT2D eigenvalue weighted by atomic mass is 9.87. The molecule has 0 spiro atoms. The molecule has 3 rings (SSSR count). The summed E-state index contributed by atoms with van der Waals surface area (Å²) in [5, 5.41) is 5.96. The zero-order valence-electron chi connectivity index (χ0n) is 12.8. The molecule has 0 bridgehead atoms. The Morgan fingerprint density at radius 3 is 3.00 bits per heavy atom. The monoisotopic (exact) mass is 301 g/mol. The SMILES string of the molecule is COc1ccc2c(c1)CC(NC(C)Cc1cccs1)CC2. The van der Waals surface area contributed by atoms with Crippen LogP contribution in [0.3, 0.4) is 0 Å². The zero-order chi connectivity index (χ0) is 14.7. The molecule has 0 amide bonds. The molecule has 1 N–H and O–H groups in total. The first-order chi connectivity index (χ1) is 10.2. The Kier molecular flexibility index (Phi) is 4.61. The summed E-state index contributed by atoms with van der Waals surface area (Å²) in [5.41, 5.74) is 2.93. The van der Waals surface area contributed by atoms with Crippen molar-refractivity contribution in [2.24, 2.45) is 0 Å². The molecule has 21 heavy (non-hydrogen) atoms. The van der Waals surface area contributed by atoms with Gasteiger partial charge in [0.05, 0.1) is 7.11 Å². The lowest BCUT2D eigenvalue weighted by molar-refractivity contribution is 0.399. The van der Waals surface area contributed by atoms with Crippen molar-refractivity contribution in [3.63, 3.8) is 0 Å². The fourth-order valence-corrected chi connectivity index (χ4v) is 4.03. The van der Waals surface area contributed by atoms with Crippen LogP contribution in [0, 0.1) is 0 Å². The number of fused-ring (bicyclic) bond motifs is 1. The Morgan fingerprint density at radius 1 is 1.33 bits per heavy atom. The van der Waals surface area contributed by atoms with Crippen LogP contribution in [-0.2, 0) is 19.3 Å². The second-order valence-electron chi connectivity index (χ2n) is 5.93. The molecule has 2 atom stereocenters. The molecule has 1 aliphatic rings. The number of methoxy groups -OCH3 is 1. The smallest absolute Gasteiger partial charge is 0.119 e. The van der Waals surface area contributed by atoms with Crippen LogP contribution in [0.1, 0.15) is 29.3 Å². The van der Waals surface area contributed by atoms with Crippen LogP contribution in [0.5, 0.6) is 5.75 Å². The fraction of sp³-hybridized carbons (Fsp3) is 0.444. The quantitative estimate of drug-likeness (QED) is 0.906. The minimum atomic E-state index is 0.529. The maximum atomic E-state index is 5.35. The molecule has 0 saturated carbocycles. The van der Waals surface area contributed by atoms with Crippen LogP contribution in [-0.4, -0.2) is 19.2 Å². The summed E-state index contributed by atoms with van der Waals surface area (Å²) in [4.78, 5) is 1.47. The molecule has 0 saturated heterocycles. The van der Waals surface area contributed by atoms with Crippen LogP contribution >= 0.6 is 11.3 Å². The van der Waals surface area contributed by atoms with E-state index in [1.165, 1.54) is 28.8 Å². The van der Waals surface area contributed by atoms with Crippen LogP contribution < -0.4 is 10.1 Å². The van der Waals surface area contributed by atoms with Crippen LogP contribution in [0.25, 0.3) is 0 Å². The van der Waals surface area contributed by atoms with E-state index in [2.05, 4.69) is 48.0 Å². The molecule has 2 aromatic rings. The molecule has 0 fully saturated rings. The van der Waals surface area contributed by atoms with Gasteiger partial charge in [-0.1, -0.05) is 12.1 Å². The van der Waals surface area contributed by atoms with Gasteiger partial charge in [0.2, 0.25) is 0 Å². The van der Waals surface area contributed by atoms with Crippen molar-refractivity contribution in [1.29, 1.82) is 0 Å².